The number of hydrogen-bond donors (Lipinski definition) is 2. The predicted octanol–water partition coefficient (Wildman–Crippen LogP) is -0.179. The van der Waals surface area contributed by atoms with E-state index in [1.165, 1.54) is 4.57 Å². The molecule has 128 valence electrons. The van der Waals surface area contributed by atoms with E-state index in [2.05, 4.69) is 4.98 Å². The highest BCUT2D eigenvalue weighted by Gasteiger charge is 2.27. The molecule has 1 aliphatic heterocycles. The number of Topliss-reactive ketones (excluding diaryl/α,β-unsaturated/α-hetero) is 1. The number of anilines is 1. The van der Waals surface area contributed by atoms with Crippen molar-refractivity contribution >= 4 is 11.6 Å². The van der Waals surface area contributed by atoms with Gasteiger partial charge >= 0.3 is 5.69 Å². The van der Waals surface area contributed by atoms with Crippen molar-refractivity contribution in [1.82, 2.24) is 14.5 Å². The first-order chi connectivity index (χ1) is 10.8. The summed E-state index contributed by atoms with van der Waals surface area (Å²) in [5.41, 5.74) is 4.48. The number of aromatic nitrogens is 2. The van der Waals surface area contributed by atoms with Crippen molar-refractivity contribution < 1.29 is 9.53 Å². The molecule has 8 heteroatoms. The monoisotopic (exact) mass is 324 g/mol. The number of nitrogen functional groups attached to an aromatic ring is 1. The van der Waals surface area contributed by atoms with Crippen LogP contribution in [0.25, 0.3) is 0 Å². The SMILES string of the molecule is CCCn1c(N)c(C(=O)CN2C[C@@H](C)OC[C@H]2C)c(=O)[nH]c1=O. The summed E-state index contributed by atoms with van der Waals surface area (Å²) in [7, 11) is 0. The summed E-state index contributed by atoms with van der Waals surface area (Å²) >= 11 is 0. The van der Waals surface area contributed by atoms with E-state index in [4.69, 9.17) is 10.5 Å². The fourth-order valence-corrected chi connectivity index (χ4v) is 2.76. The van der Waals surface area contributed by atoms with Crippen LogP contribution in [-0.2, 0) is 11.3 Å². The number of carbonyl (C=O) groups is 1. The summed E-state index contributed by atoms with van der Waals surface area (Å²) in [4.78, 5) is 40.6. The Balaban J connectivity index is 2.30. The molecular weight excluding hydrogens is 300 g/mol. The van der Waals surface area contributed by atoms with E-state index >= 15 is 0 Å². The summed E-state index contributed by atoms with van der Waals surface area (Å²) in [5.74, 6) is -0.436. The quantitative estimate of drug-likeness (QED) is 0.727. The highest BCUT2D eigenvalue weighted by atomic mass is 16.5. The lowest BCUT2D eigenvalue weighted by Gasteiger charge is -2.36. The number of nitrogens with one attached hydrogen (secondary N) is 1. The number of nitrogens with zero attached hydrogens (tertiary/aromatic N) is 2. The fourth-order valence-electron chi connectivity index (χ4n) is 2.76. The van der Waals surface area contributed by atoms with Crippen LogP contribution in [0.3, 0.4) is 0 Å². The lowest BCUT2D eigenvalue weighted by Crippen LogP contribution is -2.50. The standard InChI is InChI=1S/C15H24N4O4/c1-4-5-19-13(16)12(14(21)17-15(19)22)11(20)7-18-6-10(3)23-8-9(18)2/h9-10H,4-8,16H2,1-3H3,(H,17,21,22)/t9-,10-/m1/s1. The van der Waals surface area contributed by atoms with E-state index in [9.17, 15) is 14.4 Å². The average molecular weight is 324 g/mol. The molecule has 8 nitrogen and oxygen atoms in total. The summed E-state index contributed by atoms with van der Waals surface area (Å²) in [6.45, 7) is 7.36. The first-order valence-electron chi connectivity index (χ1n) is 7.86. The summed E-state index contributed by atoms with van der Waals surface area (Å²) < 4.78 is 6.77. The van der Waals surface area contributed by atoms with Crippen LogP contribution in [0.5, 0.6) is 0 Å². The highest BCUT2D eigenvalue weighted by molar-refractivity contribution is 6.01. The molecule has 1 aromatic rings. The molecule has 3 N–H and O–H groups in total. The Kier molecular flexibility index (Phi) is 5.38. The molecule has 23 heavy (non-hydrogen) atoms. The van der Waals surface area contributed by atoms with Crippen molar-refractivity contribution in [3.8, 4) is 0 Å². The number of H-pyrrole nitrogens is 1. The molecule has 0 saturated carbocycles. The number of rotatable bonds is 5. The van der Waals surface area contributed by atoms with Crippen molar-refractivity contribution in [2.75, 3.05) is 25.4 Å². The Labute approximate surface area is 134 Å². The first kappa shape index (κ1) is 17.4. The Hall–Kier alpha value is -1.93. The lowest BCUT2D eigenvalue weighted by molar-refractivity contribution is -0.0460. The molecule has 0 spiro atoms. The third-order valence-corrected chi connectivity index (χ3v) is 4.05. The Morgan fingerprint density at radius 2 is 2.09 bits per heavy atom. The number of ketones is 1. The molecular formula is C15H24N4O4. The van der Waals surface area contributed by atoms with Crippen LogP contribution in [-0.4, -0.2) is 52.1 Å². The van der Waals surface area contributed by atoms with Crippen LogP contribution < -0.4 is 17.0 Å². The molecule has 2 heterocycles. The maximum atomic E-state index is 12.6. The number of nitrogens with two attached hydrogens (primary N) is 1. The Bertz CT molecular complexity index is 694. The lowest BCUT2D eigenvalue weighted by atomic mass is 10.1. The van der Waals surface area contributed by atoms with Gasteiger partial charge in [0, 0.05) is 19.1 Å². The summed E-state index contributed by atoms with van der Waals surface area (Å²) in [6.07, 6.45) is 0.700. The van der Waals surface area contributed by atoms with Gasteiger partial charge in [-0.3, -0.25) is 24.0 Å². The zero-order chi connectivity index (χ0) is 17.1. The van der Waals surface area contributed by atoms with Gasteiger partial charge in [0.25, 0.3) is 5.56 Å². The molecule has 1 saturated heterocycles. The van der Waals surface area contributed by atoms with Crippen molar-refractivity contribution in [3.05, 3.63) is 26.4 Å². The van der Waals surface area contributed by atoms with Crippen LogP contribution in [0.2, 0.25) is 0 Å². The van der Waals surface area contributed by atoms with E-state index < -0.39 is 11.2 Å². The van der Waals surface area contributed by atoms with Gasteiger partial charge in [-0.15, -0.1) is 0 Å². The first-order valence-corrected chi connectivity index (χ1v) is 7.86. The van der Waals surface area contributed by atoms with Gasteiger partial charge in [-0.1, -0.05) is 6.92 Å². The van der Waals surface area contributed by atoms with Crippen molar-refractivity contribution in [2.45, 2.75) is 45.9 Å². The maximum absolute atomic E-state index is 12.6. The summed E-state index contributed by atoms with van der Waals surface area (Å²) in [6, 6.07) is 0.0806. The third-order valence-electron chi connectivity index (χ3n) is 4.05. The third kappa shape index (κ3) is 3.70. The molecule has 0 amide bonds. The zero-order valence-electron chi connectivity index (χ0n) is 13.8. The van der Waals surface area contributed by atoms with E-state index in [0.717, 1.165) is 0 Å². The second-order valence-electron chi connectivity index (χ2n) is 6.02. The van der Waals surface area contributed by atoms with Crippen LogP contribution in [0.15, 0.2) is 9.59 Å². The van der Waals surface area contributed by atoms with Crippen LogP contribution in [0.1, 0.15) is 37.6 Å². The predicted molar refractivity (Wildman–Crippen MR) is 86.8 cm³/mol. The normalized spacial score (nSPS) is 22.2. The van der Waals surface area contributed by atoms with Crippen molar-refractivity contribution in [2.24, 2.45) is 0 Å². The topological polar surface area (TPSA) is 110 Å². The van der Waals surface area contributed by atoms with Gasteiger partial charge in [0.1, 0.15) is 11.4 Å². The number of ether oxygens (including phenoxy) is 1. The number of morpholine rings is 1. The van der Waals surface area contributed by atoms with Gasteiger partial charge in [0.15, 0.2) is 5.78 Å². The molecule has 2 atom stereocenters. The van der Waals surface area contributed by atoms with E-state index in [-0.39, 0.29) is 35.9 Å². The van der Waals surface area contributed by atoms with Crippen molar-refractivity contribution in [1.29, 1.82) is 0 Å². The minimum Gasteiger partial charge on any atom is -0.384 e. The second-order valence-corrected chi connectivity index (χ2v) is 6.02. The van der Waals surface area contributed by atoms with Crippen LogP contribution in [0.4, 0.5) is 5.82 Å². The molecule has 1 aliphatic rings. The molecule has 0 unspecified atom stereocenters. The van der Waals surface area contributed by atoms with E-state index in [0.29, 0.717) is 26.1 Å². The van der Waals surface area contributed by atoms with Crippen molar-refractivity contribution in [3.63, 3.8) is 0 Å². The molecule has 0 radical (unpaired) electrons. The molecule has 1 fully saturated rings. The van der Waals surface area contributed by atoms with Crippen LogP contribution in [0, 0.1) is 0 Å². The molecule has 0 aromatic carbocycles. The number of hydrogen-bond acceptors (Lipinski definition) is 6. The minimum atomic E-state index is -0.723. The molecule has 0 bridgehead atoms. The fraction of sp³-hybridized carbons (Fsp3) is 0.667. The van der Waals surface area contributed by atoms with Gasteiger partial charge < -0.3 is 10.5 Å². The Morgan fingerprint density at radius 1 is 1.39 bits per heavy atom. The van der Waals surface area contributed by atoms with E-state index in [1.807, 2.05) is 25.7 Å². The minimum absolute atomic E-state index is 0.0312. The van der Waals surface area contributed by atoms with Gasteiger partial charge in [-0.2, -0.15) is 0 Å². The molecule has 1 aromatic heterocycles. The van der Waals surface area contributed by atoms with Crippen LogP contribution >= 0.6 is 0 Å². The maximum Gasteiger partial charge on any atom is 0.329 e. The number of carbonyl (C=O) groups excluding carboxylic acids is 1. The highest BCUT2D eigenvalue weighted by Crippen LogP contribution is 2.13. The average Bonchev–Trinajstić information content (AvgIpc) is 2.47. The summed E-state index contributed by atoms with van der Waals surface area (Å²) in [5, 5.41) is 0. The smallest absolute Gasteiger partial charge is 0.329 e. The zero-order valence-corrected chi connectivity index (χ0v) is 13.8. The van der Waals surface area contributed by atoms with Gasteiger partial charge in [0.2, 0.25) is 0 Å². The van der Waals surface area contributed by atoms with E-state index in [1.54, 1.807) is 0 Å². The molecule has 2 rings (SSSR count). The Morgan fingerprint density at radius 3 is 2.74 bits per heavy atom. The largest absolute Gasteiger partial charge is 0.384 e. The van der Waals surface area contributed by atoms with Gasteiger partial charge in [-0.25, -0.2) is 4.79 Å². The second kappa shape index (κ2) is 7.10. The van der Waals surface area contributed by atoms with Gasteiger partial charge in [0.05, 0.1) is 19.3 Å². The van der Waals surface area contributed by atoms with Gasteiger partial charge in [-0.05, 0) is 20.3 Å². The number of aromatic amines is 1. The molecule has 0 aliphatic carbocycles.